The van der Waals surface area contributed by atoms with E-state index in [1.807, 2.05) is 0 Å². The van der Waals surface area contributed by atoms with Gasteiger partial charge in [-0.2, -0.15) is 0 Å². The van der Waals surface area contributed by atoms with Gasteiger partial charge in [0.1, 0.15) is 0 Å². The molecule has 0 aliphatic carbocycles. The van der Waals surface area contributed by atoms with Crippen molar-refractivity contribution in [2.75, 3.05) is 33.9 Å². The summed E-state index contributed by atoms with van der Waals surface area (Å²) in [6.07, 6.45) is 1.92. The predicted molar refractivity (Wildman–Crippen MR) is 52.8 cm³/mol. The lowest BCUT2D eigenvalue weighted by Crippen LogP contribution is -2.35. The molecular formula is C9H20N2O2. The van der Waals surface area contributed by atoms with Crippen LogP contribution in [-0.4, -0.2) is 44.8 Å². The van der Waals surface area contributed by atoms with Gasteiger partial charge < -0.3 is 15.0 Å². The third-order valence-electron chi connectivity index (χ3n) is 1.50. The lowest BCUT2D eigenvalue weighted by atomic mass is 10.4. The van der Waals surface area contributed by atoms with Gasteiger partial charge in [-0.05, 0) is 12.8 Å². The molecule has 0 aromatic heterocycles. The van der Waals surface area contributed by atoms with Crippen LogP contribution in [0.3, 0.4) is 0 Å². The molecule has 0 heterocycles. The summed E-state index contributed by atoms with van der Waals surface area (Å²) < 4.78 is 5.26. The maximum atomic E-state index is 11.0. The van der Waals surface area contributed by atoms with Crippen LogP contribution >= 0.6 is 0 Å². The number of nitrogens with one attached hydrogen (secondary N) is 1. The molecule has 0 rings (SSSR count). The molecule has 0 saturated carbocycles. The second-order valence-electron chi connectivity index (χ2n) is 3.09. The van der Waals surface area contributed by atoms with Gasteiger partial charge in [-0.25, -0.2) is 4.79 Å². The van der Waals surface area contributed by atoms with E-state index in [1.165, 1.54) is 4.90 Å². The minimum Gasteiger partial charge on any atom is -0.381 e. The van der Waals surface area contributed by atoms with E-state index in [1.54, 1.807) is 14.1 Å². The van der Waals surface area contributed by atoms with Crippen LogP contribution in [0.1, 0.15) is 19.8 Å². The summed E-state index contributed by atoms with van der Waals surface area (Å²) >= 11 is 0. The molecule has 2 amide bonds. The van der Waals surface area contributed by atoms with Gasteiger partial charge in [0.2, 0.25) is 0 Å². The Kier molecular flexibility index (Phi) is 7.39. The minimum atomic E-state index is -0.0458. The minimum absolute atomic E-state index is 0.0458. The number of hydrogen-bond donors (Lipinski definition) is 1. The van der Waals surface area contributed by atoms with Crippen LogP contribution in [0.4, 0.5) is 4.79 Å². The van der Waals surface area contributed by atoms with Crippen molar-refractivity contribution in [2.24, 2.45) is 0 Å². The van der Waals surface area contributed by atoms with Gasteiger partial charge in [0, 0.05) is 33.9 Å². The molecule has 0 saturated heterocycles. The lowest BCUT2D eigenvalue weighted by Gasteiger charge is -2.11. The van der Waals surface area contributed by atoms with Gasteiger partial charge >= 0.3 is 6.03 Å². The van der Waals surface area contributed by atoms with Crippen LogP contribution in [0.25, 0.3) is 0 Å². The van der Waals surface area contributed by atoms with Crippen molar-refractivity contribution in [3.63, 3.8) is 0 Å². The van der Waals surface area contributed by atoms with Crippen molar-refractivity contribution in [1.82, 2.24) is 10.2 Å². The fourth-order valence-electron chi connectivity index (χ4n) is 0.774. The van der Waals surface area contributed by atoms with Crippen molar-refractivity contribution in [3.8, 4) is 0 Å². The molecule has 4 nitrogen and oxygen atoms in total. The Morgan fingerprint density at radius 2 is 2.08 bits per heavy atom. The molecule has 0 unspecified atom stereocenters. The van der Waals surface area contributed by atoms with Gasteiger partial charge in [-0.1, -0.05) is 6.92 Å². The maximum Gasteiger partial charge on any atom is 0.316 e. The summed E-state index contributed by atoms with van der Waals surface area (Å²) in [6, 6.07) is -0.0458. The zero-order valence-electron chi connectivity index (χ0n) is 8.80. The van der Waals surface area contributed by atoms with E-state index in [9.17, 15) is 4.79 Å². The van der Waals surface area contributed by atoms with Crippen molar-refractivity contribution in [1.29, 1.82) is 0 Å². The van der Waals surface area contributed by atoms with Crippen LogP contribution < -0.4 is 5.32 Å². The van der Waals surface area contributed by atoms with E-state index in [-0.39, 0.29) is 6.03 Å². The summed E-state index contributed by atoms with van der Waals surface area (Å²) in [5.74, 6) is 0. The predicted octanol–water partition coefficient (Wildman–Crippen LogP) is 1.07. The van der Waals surface area contributed by atoms with Gasteiger partial charge in [0.15, 0.2) is 0 Å². The summed E-state index contributed by atoms with van der Waals surface area (Å²) in [4.78, 5) is 12.5. The SMILES string of the molecule is CCCOCCCNC(=O)N(C)C. The van der Waals surface area contributed by atoms with Crippen LogP contribution in [-0.2, 0) is 4.74 Å². The molecule has 78 valence electrons. The molecule has 0 radical (unpaired) electrons. The molecule has 1 N–H and O–H groups in total. The van der Waals surface area contributed by atoms with Crippen LogP contribution in [0, 0.1) is 0 Å². The van der Waals surface area contributed by atoms with E-state index in [0.29, 0.717) is 6.54 Å². The van der Waals surface area contributed by atoms with Crippen LogP contribution in [0.2, 0.25) is 0 Å². The van der Waals surface area contributed by atoms with Crippen molar-refractivity contribution in [3.05, 3.63) is 0 Å². The molecule has 0 fully saturated rings. The monoisotopic (exact) mass is 188 g/mol. The van der Waals surface area contributed by atoms with E-state index >= 15 is 0 Å². The second-order valence-corrected chi connectivity index (χ2v) is 3.09. The molecule has 0 aliphatic heterocycles. The summed E-state index contributed by atoms with van der Waals surface area (Å²) in [6.45, 7) is 4.29. The van der Waals surface area contributed by atoms with Crippen molar-refractivity contribution >= 4 is 6.03 Å². The number of carbonyl (C=O) groups excluding carboxylic acids is 1. The first-order chi connectivity index (χ1) is 6.18. The first-order valence-electron chi connectivity index (χ1n) is 4.71. The van der Waals surface area contributed by atoms with E-state index in [2.05, 4.69) is 12.2 Å². The number of ether oxygens (including phenoxy) is 1. The Labute approximate surface area is 80.2 Å². The second kappa shape index (κ2) is 7.86. The number of hydrogen-bond acceptors (Lipinski definition) is 2. The van der Waals surface area contributed by atoms with Crippen molar-refractivity contribution in [2.45, 2.75) is 19.8 Å². The highest BCUT2D eigenvalue weighted by molar-refractivity contribution is 5.73. The quantitative estimate of drug-likeness (QED) is 0.634. The van der Waals surface area contributed by atoms with Crippen LogP contribution in [0.15, 0.2) is 0 Å². The zero-order valence-corrected chi connectivity index (χ0v) is 8.80. The van der Waals surface area contributed by atoms with Gasteiger partial charge in [0.05, 0.1) is 0 Å². The molecule has 0 aromatic carbocycles. The standard InChI is InChI=1S/C9H20N2O2/c1-4-7-13-8-5-6-10-9(12)11(2)3/h4-8H2,1-3H3,(H,10,12). The average Bonchev–Trinajstić information content (AvgIpc) is 2.10. The molecular weight excluding hydrogens is 168 g/mol. The third kappa shape index (κ3) is 7.59. The smallest absolute Gasteiger partial charge is 0.316 e. The summed E-state index contributed by atoms with van der Waals surface area (Å²) in [7, 11) is 3.45. The fourth-order valence-corrected chi connectivity index (χ4v) is 0.774. The molecule has 0 bridgehead atoms. The molecule has 0 aromatic rings. The first kappa shape index (κ1) is 12.2. The normalized spacial score (nSPS) is 9.77. The average molecular weight is 188 g/mol. The molecule has 0 spiro atoms. The number of amides is 2. The van der Waals surface area contributed by atoms with Gasteiger partial charge in [-0.15, -0.1) is 0 Å². The Morgan fingerprint density at radius 3 is 2.62 bits per heavy atom. The lowest BCUT2D eigenvalue weighted by molar-refractivity contribution is 0.132. The van der Waals surface area contributed by atoms with E-state index in [0.717, 1.165) is 26.1 Å². The van der Waals surface area contributed by atoms with Crippen molar-refractivity contribution < 1.29 is 9.53 Å². The number of rotatable bonds is 6. The highest BCUT2D eigenvalue weighted by atomic mass is 16.5. The molecule has 4 heteroatoms. The van der Waals surface area contributed by atoms with E-state index in [4.69, 9.17) is 4.74 Å². The number of carbonyl (C=O) groups is 1. The Balaban J connectivity index is 3.12. The number of urea groups is 1. The van der Waals surface area contributed by atoms with E-state index < -0.39 is 0 Å². The maximum absolute atomic E-state index is 11.0. The summed E-state index contributed by atoms with van der Waals surface area (Å²) in [5, 5.41) is 2.77. The Bertz CT molecular complexity index is 138. The molecule has 0 atom stereocenters. The largest absolute Gasteiger partial charge is 0.381 e. The van der Waals surface area contributed by atoms with Gasteiger partial charge in [0.25, 0.3) is 0 Å². The van der Waals surface area contributed by atoms with Crippen LogP contribution in [0.5, 0.6) is 0 Å². The summed E-state index contributed by atoms with van der Waals surface area (Å²) in [5.41, 5.74) is 0. The number of nitrogens with zero attached hydrogens (tertiary/aromatic N) is 1. The van der Waals surface area contributed by atoms with Gasteiger partial charge in [-0.3, -0.25) is 0 Å². The first-order valence-corrected chi connectivity index (χ1v) is 4.71. The molecule has 13 heavy (non-hydrogen) atoms. The topological polar surface area (TPSA) is 41.6 Å². The highest BCUT2D eigenvalue weighted by Gasteiger charge is 1.99. The fraction of sp³-hybridized carbons (Fsp3) is 0.889. The third-order valence-corrected chi connectivity index (χ3v) is 1.50. The molecule has 0 aliphatic rings. The Hall–Kier alpha value is -0.770. The highest BCUT2D eigenvalue weighted by Crippen LogP contribution is 1.84. The zero-order chi connectivity index (χ0) is 10.1. The Morgan fingerprint density at radius 1 is 1.38 bits per heavy atom.